The number of amides is 1. The summed E-state index contributed by atoms with van der Waals surface area (Å²) in [6.45, 7) is 4.13. The summed E-state index contributed by atoms with van der Waals surface area (Å²) >= 11 is 6.68. The first-order chi connectivity index (χ1) is 8.08. The van der Waals surface area contributed by atoms with Crippen LogP contribution in [0.4, 0.5) is 0 Å². The first-order valence-corrected chi connectivity index (χ1v) is 8.25. The van der Waals surface area contributed by atoms with E-state index in [2.05, 4.69) is 46.5 Å². The average molecular weight is 332 g/mol. The van der Waals surface area contributed by atoms with Crippen LogP contribution in [-0.4, -0.2) is 16.8 Å². The number of hydrogen-bond acceptors (Lipinski definition) is 3. The fraction of sp³-hybridized carbons (Fsp3) is 0.417. The molecule has 1 atom stereocenters. The Bertz CT molecular complexity index is 499. The van der Waals surface area contributed by atoms with Crippen molar-refractivity contribution in [1.82, 2.24) is 5.32 Å². The molecular weight excluding hydrogens is 318 g/mol. The van der Waals surface area contributed by atoms with E-state index in [9.17, 15) is 4.79 Å². The molecule has 0 aliphatic heterocycles. The number of carbonyl (C=O) groups excluding carboxylic acids is 1. The van der Waals surface area contributed by atoms with E-state index in [0.717, 1.165) is 16.6 Å². The standard InChI is InChI=1S/C12H14BrNOS2/c1-3-12(2,7-13)14-11(15)10-6-9-8(17-10)4-5-16-9/h4-6H,3,7H2,1-2H3,(H,14,15). The lowest BCUT2D eigenvalue weighted by Gasteiger charge is -2.26. The lowest BCUT2D eigenvalue weighted by atomic mass is 10.0. The zero-order chi connectivity index (χ0) is 12.5. The van der Waals surface area contributed by atoms with E-state index in [0.29, 0.717) is 0 Å². The highest BCUT2D eigenvalue weighted by Gasteiger charge is 2.24. The smallest absolute Gasteiger partial charge is 0.261 e. The van der Waals surface area contributed by atoms with Gasteiger partial charge in [-0.25, -0.2) is 0 Å². The Morgan fingerprint density at radius 2 is 2.29 bits per heavy atom. The minimum Gasteiger partial charge on any atom is -0.345 e. The Morgan fingerprint density at radius 1 is 1.53 bits per heavy atom. The maximum Gasteiger partial charge on any atom is 0.261 e. The second-order valence-electron chi connectivity index (χ2n) is 4.26. The molecule has 0 saturated heterocycles. The quantitative estimate of drug-likeness (QED) is 0.833. The summed E-state index contributed by atoms with van der Waals surface area (Å²) in [6.07, 6.45) is 0.906. The topological polar surface area (TPSA) is 29.1 Å². The lowest BCUT2D eigenvalue weighted by Crippen LogP contribution is -2.46. The molecule has 1 amide bonds. The molecule has 0 aromatic carbocycles. The van der Waals surface area contributed by atoms with Crippen LogP contribution in [0.15, 0.2) is 17.5 Å². The van der Waals surface area contributed by atoms with Crippen LogP contribution >= 0.6 is 38.6 Å². The molecule has 2 aromatic rings. The first kappa shape index (κ1) is 13.1. The van der Waals surface area contributed by atoms with Crippen LogP contribution in [0.2, 0.25) is 0 Å². The van der Waals surface area contributed by atoms with Gasteiger partial charge in [0, 0.05) is 20.3 Å². The fourth-order valence-electron chi connectivity index (χ4n) is 1.43. The van der Waals surface area contributed by atoms with Gasteiger partial charge >= 0.3 is 0 Å². The predicted octanol–water partition coefficient (Wildman–Crippen LogP) is 4.26. The molecule has 2 aromatic heterocycles. The second kappa shape index (κ2) is 5.08. The molecule has 0 aliphatic rings. The molecule has 0 spiro atoms. The van der Waals surface area contributed by atoms with Crippen molar-refractivity contribution in [2.75, 3.05) is 5.33 Å². The molecule has 0 saturated carbocycles. The summed E-state index contributed by atoms with van der Waals surface area (Å²) in [6, 6.07) is 4.04. The highest BCUT2D eigenvalue weighted by Crippen LogP contribution is 2.30. The Morgan fingerprint density at radius 3 is 2.88 bits per heavy atom. The van der Waals surface area contributed by atoms with Gasteiger partial charge in [0.25, 0.3) is 5.91 Å². The van der Waals surface area contributed by atoms with Crippen molar-refractivity contribution in [2.45, 2.75) is 25.8 Å². The van der Waals surface area contributed by atoms with E-state index in [1.807, 2.05) is 6.07 Å². The van der Waals surface area contributed by atoms with Gasteiger partial charge in [-0.2, -0.15) is 0 Å². The molecule has 1 unspecified atom stereocenters. The number of hydrogen-bond donors (Lipinski definition) is 1. The van der Waals surface area contributed by atoms with Crippen LogP contribution in [0.1, 0.15) is 29.9 Å². The molecule has 0 radical (unpaired) electrons. The molecule has 0 bridgehead atoms. The van der Waals surface area contributed by atoms with E-state index in [1.165, 1.54) is 9.40 Å². The molecule has 2 heterocycles. The van der Waals surface area contributed by atoms with Gasteiger partial charge in [-0.1, -0.05) is 22.9 Å². The van der Waals surface area contributed by atoms with Gasteiger partial charge < -0.3 is 5.32 Å². The highest BCUT2D eigenvalue weighted by molar-refractivity contribution is 9.09. The number of nitrogens with one attached hydrogen (secondary N) is 1. The van der Waals surface area contributed by atoms with Crippen molar-refractivity contribution in [3.05, 3.63) is 22.4 Å². The fourth-order valence-corrected chi connectivity index (χ4v) is 3.97. The van der Waals surface area contributed by atoms with Gasteiger partial charge in [0.15, 0.2) is 0 Å². The average Bonchev–Trinajstić information content (AvgIpc) is 2.88. The van der Waals surface area contributed by atoms with E-state index >= 15 is 0 Å². The Hall–Kier alpha value is -0.390. The second-order valence-corrected chi connectivity index (χ2v) is 6.85. The van der Waals surface area contributed by atoms with Gasteiger partial charge in [-0.05, 0) is 30.9 Å². The van der Waals surface area contributed by atoms with Crippen LogP contribution in [0, 0.1) is 0 Å². The maximum atomic E-state index is 12.1. The molecule has 2 nitrogen and oxygen atoms in total. The van der Waals surface area contributed by atoms with E-state index in [4.69, 9.17) is 0 Å². The summed E-state index contributed by atoms with van der Waals surface area (Å²) in [4.78, 5) is 12.9. The molecule has 0 fully saturated rings. The number of rotatable bonds is 4. The zero-order valence-corrected chi connectivity index (χ0v) is 13.0. The molecule has 0 aliphatic carbocycles. The van der Waals surface area contributed by atoms with Crippen LogP contribution in [0.3, 0.4) is 0 Å². The minimum atomic E-state index is -0.172. The minimum absolute atomic E-state index is 0.0298. The van der Waals surface area contributed by atoms with Gasteiger partial charge in [0.05, 0.1) is 4.88 Å². The first-order valence-electron chi connectivity index (χ1n) is 5.43. The monoisotopic (exact) mass is 331 g/mol. The third-order valence-corrected chi connectivity index (χ3v) is 6.18. The van der Waals surface area contributed by atoms with Crippen molar-refractivity contribution < 1.29 is 4.79 Å². The Labute approximate surface area is 117 Å². The van der Waals surface area contributed by atoms with Gasteiger partial charge in [-0.15, -0.1) is 22.7 Å². The van der Waals surface area contributed by atoms with E-state index in [1.54, 1.807) is 22.7 Å². The summed E-state index contributed by atoms with van der Waals surface area (Å²) in [5.74, 6) is 0.0298. The molecule has 1 N–H and O–H groups in total. The molecule has 17 heavy (non-hydrogen) atoms. The van der Waals surface area contributed by atoms with Crippen molar-refractivity contribution in [3.63, 3.8) is 0 Å². The molecule has 5 heteroatoms. The predicted molar refractivity (Wildman–Crippen MR) is 79.7 cm³/mol. The molecule has 92 valence electrons. The summed E-state index contributed by atoms with van der Waals surface area (Å²) in [5.41, 5.74) is -0.172. The number of carbonyl (C=O) groups is 1. The zero-order valence-electron chi connectivity index (χ0n) is 9.75. The number of halogens is 1. The van der Waals surface area contributed by atoms with Crippen molar-refractivity contribution in [3.8, 4) is 0 Å². The summed E-state index contributed by atoms with van der Waals surface area (Å²) < 4.78 is 2.38. The molecular formula is C12H14BrNOS2. The van der Waals surface area contributed by atoms with E-state index in [-0.39, 0.29) is 11.4 Å². The van der Waals surface area contributed by atoms with Crippen molar-refractivity contribution in [2.24, 2.45) is 0 Å². The number of alkyl halides is 1. The third kappa shape index (κ3) is 2.72. The Balaban J connectivity index is 2.18. The lowest BCUT2D eigenvalue weighted by molar-refractivity contribution is 0.0917. The summed E-state index contributed by atoms with van der Waals surface area (Å²) in [5, 5.41) is 5.91. The number of thiophene rings is 2. The van der Waals surface area contributed by atoms with Crippen molar-refractivity contribution in [1.29, 1.82) is 0 Å². The largest absolute Gasteiger partial charge is 0.345 e. The Kier molecular flexibility index (Phi) is 3.90. The summed E-state index contributed by atoms with van der Waals surface area (Å²) in [7, 11) is 0. The van der Waals surface area contributed by atoms with Gasteiger partial charge in [0.2, 0.25) is 0 Å². The highest BCUT2D eigenvalue weighted by atomic mass is 79.9. The van der Waals surface area contributed by atoms with Crippen LogP contribution in [0.25, 0.3) is 9.40 Å². The maximum absolute atomic E-state index is 12.1. The normalized spacial score (nSPS) is 14.8. The van der Waals surface area contributed by atoms with E-state index < -0.39 is 0 Å². The third-order valence-electron chi connectivity index (χ3n) is 2.85. The van der Waals surface area contributed by atoms with Gasteiger partial charge in [0.1, 0.15) is 0 Å². The van der Waals surface area contributed by atoms with Gasteiger partial charge in [-0.3, -0.25) is 4.79 Å². The number of fused-ring (bicyclic) bond motifs is 1. The van der Waals surface area contributed by atoms with Crippen LogP contribution < -0.4 is 5.32 Å². The van der Waals surface area contributed by atoms with Crippen molar-refractivity contribution >= 4 is 53.9 Å². The molecule has 2 rings (SSSR count). The van der Waals surface area contributed by atoms with Crippen LogP contribution in [-0.2, 0) is 0 Å². The SMILES string of the molecule is CCC(C)(CBr)NC(=O)c1cc2sccc2s1. The van der Waals surface area contributed by atoms with Crippen LogP contribution in [0.5, 0.6) is 0 Å².